The molecule has 3 aliphatic heterocycles. The molecular formula is C12H22O6. The normalized spacial score (nSPS) is 44.7. The zero-order chi connectivity index (χ0) is 12.3. The van der Waals surface area contributed by atoms with E-state index in [9.17, 15) is 0 Å². The van der Waals surface area contributed by atoms with E-state index in [-0.39, 0.29) is 30.1 Å². The van der Waals surface area contributed by atoms with Gasteiger partial charge >= 0.3 is 0 Å². The molecule has 0 aromatic heterocycles. The van der Waals surface area contributed by atoms with E-state index >= 15 is 0 Å². The Bertz CT molecular complexity index is 300. The molecule has 106 valence electrons. The van der Waals surface area contributed by atoms with Crippen LogP contribution in [0.2, 0.25) is 0 Å². The first kappa shape index (κ1) is 14.2. The van der Waals surface area contributed by atoms with Gasteiger partial charge in [0.15, 0.2) is 17.9 Å². The molecule has 3 rings (SSSR count). The van der Waals surface area contributed by atoms with Gasteiger partial charge in [0.1, 0.15) is 12.2 Å². The lowest BCUT2D eigenvalue weighted by atomic mass is 10.1. The average Bonchev–Trinajstić information content (AvgIpc) is 2.75. The van der Waals surface area contributed by atoms with Crippen LogP contribution >= 0.6 is 0 Å². The van der Waals surface area contributed by atoms with Gasteiger partial charge < -0.3 is 29.2 Å². The second-order valence-electron chi connectivity index (χ2n) is 5.82. The fraction of sp³-hybridized carbons (Fsp3) is 1.00. The van der Waals surface area contributed by atoms with Crippen molar-refractivity contribution in [2.45, 2.75) is 70.3 Å². The van der Waals surface area contributed by atoms with Crippen LogP contribution in [-0.4, -0.2) is 48.3 Å². The van der Waals surface area contributed by atoms with Crippen LogP contribution in [-0.2, 0) is 23.7 Å². The van der Waals surface area contributed by atoms with E-state index in [1.54, 1.807) is 0 Å². The summed E-state index contributed by atoms with van der Waals surface area (Å²) in [7, 11) is 0. The predicted molar refractivity (Wildman–Crippen MR) is 61.8 cm³/mol. The minimum Gasteiger partial charge on any atom is -0.412 e. The van der Waals surface area contributed by atoms with E-state index in [2.05, 4.69) is 0 Å². The second-order valence-corrected chi connectivity index (χ2v) is 5.82. The van der Waals surface area contributed by atoms with E-state index in [1.807, 2.05) is 27.7 Å². The molecule has 3 fully saturated rings. The molecule has 0 bridgehead atoms. The molecule has 2 N–H and O–H groups in total. The molecule has 0 radical (unpaired) electrons. The summed E-state index contributed by atoms with van der Waals surface area (Å²) in [6, 6.07) is 0. The maximum absolute atomic E-state index is 5.85. The SMILES string of the molecule is CC1(C)O[C@H]2O[C@H]([C@H]3COC(C)(C)O3)C[C@H]2O1.O. The first-order valence-electron chi connectivity index (χ1n) is 6.18. The Morgan fingerprint density at radius 3 is 2.06 bits per heavy atom. The molecule has 0 aliphatic carbocycles. The highest BCUT2D eigenvalue weighted by Crippen LogP contribution is 2.40. The fourth-order valence-corrected chi connectivity index (χ4v) is 2.67. The summed E-state index contributed by atoms with van der Waals surface area (Å²) in [5.74, 6) is -1.04. The minimum absolute atomic E-state index is 0. The van der Waals surface area contributed by atoms with Crippen LogP contribution in [0, 0.1) is 0 Å². The van der Waals surface area contributed by atoms with Crippen LogP contribution in [0.5, 0.6) is 0 Å². The van der Waals surface area contributed by atoms with E-state index in [0.717, 1.165) is 6.42 Å². The van der Waals surface area contributed by atoms with Gasteiger partial charge in [-0.1, -0.05) is 0 Å². The maximum Gasteiger partial charge on any atom is 0.187 e. The Morgan fingerprint density at radius 1 is 0.833 bits per heavy atom. The first-order valence-corrected chi connectivity index (χ1v) is 6.18. The average molecular weight is 262 g/mol. The Hall–Kier alpha value is -0.240. The van der Waals surface area contributed by atoms with Gasteiger partial charge in [-0.05, 0) is 27.7 Å². The van der Waals surface area contributed by atoms with Crippen molar-refractivity contribution < 1.29 is 29.2 Å². The fourth-order valence-electron chi connectivity index (χ4n) is 2.67. The summed E-state index contributed by atoms with van der Waals surface area (Å²) in [6.45, 7) is 8.21. The molecular weight excluding hydrogens is 240 g/mol. The van der Waals surface area contributed by atoms with E-state index < -0.39 is 11.6 Å². The van der Waals surface area contributed by atoms with Crippen LogP contribution in [0.1, 0.15) is 34.1 Å². The summed E-state index contributed by atoms with van der Waals surface area (Å²) >= 11 is 0. The van der Waals surface area contributed by atoms with Gasteiger partial charge in [0.2, 0.25) is 0 Å². The lowest BCUT2D eigenvalue weighted by molar-refractivity contribution is -0.220. The summed E-state index contributed by atoms with van der Waals surface area (Å²) in [6.07, 6.45) is 0.538. The molecule has 18 heavy (non-hydrogen) atoms. The summed E-state index contributed by atoms with van der Waals surface area (Å²) in [5.41, 5.74) is 0. The zero-order valence-electron chi connectivity index (χ0n) is 11.3. The Labute approximate surface area is 107 Å². The van der Waals surface area contributed by atoms with E-state index in [0.29, 0.717) is 6.61 Å². The smallest absolute Gasteiger partial charge is 0.187 e. The number of ether oxygens (including phenoxy) is 5. The van der Waals surface area contributed by atoms with Crippen molar-refractivity contribution >= 4 is 0 Å². The van der Waals surface area contributed by atoms with Gasteiger partial charge in [-0.25, -0.2) is 0 Å². The van der Waals surface area contributed by atoms with Crippen molar-refractivity contribution in [2.24, 2.45) is 0 Å². The summed E-state index contributed by atoms with van der Waals surface area (Å²) in [4.78, 5) is 0. The molecule has 0 amide bonds. The van der Waals surface area contributed by atoms with E-state index in [4.69, 9.17) is 23.7 Å². The van der Waals surface area contributed by atoms with Crippen LogP contribution < -0.4 is 0 Å². The number of rotatable bonds is 1. The molecule has 0 spiro atoms. The van der Waals surface area contributed by atoms with Gasteiger partial charge in [-0.3, -0.25) is 0 Å². The predicted octanol–water partition coefficient (Wildman–Crippen LogP) is 0.580. The molecule has 3 aliphatic rings. The van der Waals surface area contributed by atoms with Gasteiger partial charge in [-0.2, -0.15) is 0 Å². The number of hydrogen-bond donors (Lipinski definition) is 0. The summed E-state index contributed by atoms with van der Waals surface area (Å²) < 4.78 is 28.6. The molecule has 0 saturated carbocycles. The second kappa shape index (κ2) is 4.40. The Kier molecular flexibility index (Phi) is 3.46. The van der Waals surface area contributed by atoms with E-state index in [1.165, 1.54) is 0 Å². The highest BCUT2D eigenvalue weighted by atomic mass is 16.8. The highest BCUT2D eigenvalue weighted by Gasteiger charge is 2.52. The molecule has 0 aromatic carbocycles. The largest absolute Gasteiger partial charge is 0.412 e. The van der Waals surface area contributed by atoms with Crippen molar-refractivity contribution in [3.63, 3.8) is 0 Å². The molecule has 0 unspecified atom stereocenters. The zero-order valence-corrected chi connectivity index (χ0v) is 11.3. The molecule has 0 aromatic rings. The standard InChI is InChI=1S/C12H20O5.H2O/c1-11(2)13-6-9(16-11)7-5-8-10(14-7)17-12(3,4)15-8;/h7-10H,5-6H2,1-4H3;1H2/t7-,8+,9+,10+;/m0./s1. The lowest BCUT2D eigenvalue weighted by Gasteiger charge is -2.23. The van der Waals surface area contributed by atoms with Gasteiger partial charge in [0.05, 0.1) is 12.7 Å². The molecule has 3 saturated heterocycles. The molecule has 3 heterocycles. The third kappa shape index (κ3) is 2.54. The lowest BCUT2D eigenvalue weighted by Crippen LogP contribution is -2.33. The third-order valence-corrected chi connectivity index (χ3v) is 3.36. The van der Waals surface area contributed by atoms with Crippen molar-refractivity contribution in [2.75, 3.05) is 6.61 Å². The van der Waals surface area contributed by atoms with Gasteiger partial charge in [0.25, 0.3) is 0 Å². The molecule has 6 heteroatoms. The third-order valence-electron chi connectivity index (χ3n) is 3.36. The van der Waals surface area contributed by atoms with Crippen LogP contribution in [0.15, 0.2) is 0 Å². The molecule has 4 atom stereocenters. The van der Waals surface area contributed by atoms with Crippen molar-refractivity contribution in [3.05, 3.63) is 0 Å². The van der Waals surface area contributed by atoms with Crippen molar-refractivity contribution in [1.82, 2.24) is 0 Å². The van der Waals surface area contributed by atoms with Crippen LogP contribution in [0.25, 0.3) is 0 Å². The summed E-state index contributed by atoms with van der Waals surface area (Å²) in [5, 5.41) is 0. The first-order chi connectivity index (χ1) is 7.85. The maximum atomic E-state index is 5.85. The van der Waals surface area contributed by atoms with Crippen LogP contribution in [0.3, 0.4) is 0 Å². The van der Waals surface area contributed by atoms with Crippen molar-refractivity contribution in [3.8, 4) is 0 Å². The Morgan fingerprint density at radius 2 is 1.50 bits per heavy atom. The molecule has 6 nitrogen and oxygen atoms in total. The van der Waals surface area contributed by atoms with Crippen molar-refractivity contribution in [1.29, 1.82) is 0 Å². The minimum atomic E-state index is -0.535. The van der Waals surface area contributed by atoms with Gasteiger partial charge in [-0.15, -0.1) is 0 Å². The highest BCUT2D eigenvalue weighted by molar-refractivity contribution is 4.90. The monoisotopic (exact) mass is 262 g/mol. The topological polar surface area (TPSA) is 77.7 Å². The number of hydrogen-bond acceptors (Lipinski definition) is 5. The Balaban J connectivity index is 0.00000120. The number of fused-ring (bicyclic) bond motifs is 1. The van der Waals surface area contributed by atoms with Gasteiger partial charge in [0, 0.05) is 6.42 Å². The quantitative estimate of drug-likeness (QED) is 0.690. The van der Waals surface area contributed by atoms with Crippen LogP contribution in [0.4, 0.5) is 0 Å².